The van der Waals surface area contributed by atoms with E-state index in [1.165, 1.54) is 25.4 Å². The van der Waals surface area contributed by atoms with Gasteiger partial charge in [0, 0.05) is 31.6 Å². The summed E-state index contributed by atoms with van der Waals surface area (Å²) < 4.78 is 43.5. The molecule has 0 saturated heterocycles. The molecule has 0 bridgehead atoms. The Balaban J connectivity index is 2.26. The molecule has 0 spiro atoms. The van der Waals surface area contributed by atoms with Crippen LogP contribution in [0.2, 0.25) is 0 Å². The van der Waals surface area contributed by atoms with Gasteiger partial charge in [0.15, 0.2) is 0 Å². The maximum Gasteiger partial charge on any atom is 0.416 e. The lowest BCUT2D eigenvalue weighted by Gasteiger charge is -2.14. The molecule has 27 heavy (non-hydrogen) atoms. The molecular weight excluding hydrogens is 365 g/mol. The van der Waals surface area contributed by atoms with E-state index in [-0.39, 0.29) is 35.6 Å². The first-order valence-electron chi connectivity index (χ1n) is 7.80. The van der Waals surface area contributed by atoms with Crippen molar-refractivity contribution in [3.8, 4) is 0 Å². The summed E-state index contributed by atoms with van der Waals surface area (Å²) in [7, 11) is 1.51. The summed E-state index contributed by atoms with van der Waals surface area (Å²) in [6.07, 6.45) is -3.32. The van der Waals surface area contributed by atoms with Gasteiger partial charge in [-0.25, -0.2) is 4.98 Å². The average Bonchev–Trinajstić information content (AvgIpc) is 2.59. The second-order valence-corrected chi connectivity index (χ2v) is 5.62. The van der Waals surface area contributed by atoms with Gasteiger partial charge in [0.1, 0.15) is 11.4 Å². The number of halogens is 3. The van der Waals surface area contributed by atoms with Gasteiger partial charge < -0.3 is 26.8 Å². The molecule has 2 aromatic rings. The predicted molar refractivity (Wildman–Crippen MR) is 93.6 cm³/mol. The molecule has 11 heteroatoms. The second-order valence-electron chi connectivity index (χ2n) is 5.62. The van der Waals surface area contributed by atoms with Crippen molar-refractivity contribution >= 4 is 23.4 Å². The molecular formula is C16H19F3N6O2. The number of methoxy groups -OCH3 is 1. The van der Waals surface area contributed by atoms with Crippen molar-refractivity contribution in [2.75, 3.05) is 30.9 Å². The summed E-state index contributed by atoms with van der Waals surface area (Å²) in [4.78, 5) is 19.6. The zero-order valence-electron chi connectivity index (χ0n) is 14.4. The van der Waals surface area contributed by atoms with Crippen LogP contribution in [0.4, 0.5) is 30.6 Å². The van der Waals surface area contributed by atoms with Crippen molar-refractivity contribution in [1.29, 1.82) is 0 Å². The number of aromatic nitrogens is 2. The first kappa shape index (κ1) is 20.4. The summed E-state index contributed by atoms with van der Waals surface area (Å²) in [5.41, 5.74) is 10.3. The number of carbonyl (C=O) groups is 1. The number of ether oxygens (including phenoxy) is 1. The summed E-state index contributed by atoms with van der Waals surface area (Å²) in [6, 6.07) is 4.15. The average molecular weight is 384 g/mol. The first-order valence-corrected chi connectivity index (χ1v) is 7.80. The van der Waals surface area contributed by atoms with Crippen LogP contribution in [0.3, 0.4) is 0 Å². The van der Waals surface area contributed by atoms with Crippen LogP contribution in [-0.2, 0) is 10.9 Å². The Morgan fingerprint density at radius 3 is 2.74 bits per heavy atom. The molecule has 1 amide bonds. The Morgan fingerprint density at radius 2 is 2.11 bits per heavy atom. The Hall–Kier alpha value is -2.92. The van der Waals surface area contributed by atoms with Gasteiger partial charge in [-0.15, -0.1) is 0 Å². The summed E-state index contributed by atoms with van der Waals surface area (Å²) in [6.45, 7) is 0.592. The molecule has 8 nitrogen and oxygen atoms in total. The van der Waals surface area contributed by atoms with E-state index in [1.807, 2.05) is 0 Å². The number of anilines is 3. The van der Waals surface area contributed by atoms with Crippen LogP contribution in [0.15, 0.2) is 30.5 Å². The molecule has 146 valence electrons. The molecule has 0 fully saturated rings. The number of amides is 1. The minimum Gasteiger partial charge on any atom is -0.383 e. The molecule has 6 N–H and O–H groups in total. The first-order chi connectivity index (χ1) is 12.7. The number of nitrogens with two attached hydrogens (primary N) is 2. The van der Waals surface area contributed by atoms with Gasteiger partial charge in [0.05, 0.1) is 12.2 Å². The number of nitrogens with zero attached hydrogens (tertiary/aromatic N) is 2. The Labute approximate surface area is 153 Å². The zero-order chi connectivity index (χ0) is 20.0. The molecule has 0 saturated carbocycles. The van der Waals surface area contributed by atoms with Crippen LogP contribution in [0.25, 0.3) is 0 Å². The Bertz CT molecular complexity index is 800. The van der Waals surface area contributed by atoms with Crippen molar-refractivity contribution in [3.63, 3.8) is 0 Å². The van der Waals surface area contributed by atoms with Crippen molar-refractivity contribution < 1.29 is 22.7 Å². The molecule has 1 aromatic carbocycles. The third kappa shape index (κ3) is 5.79. The lowest BCUT2D eigenvalue weighted by atomic mass is 10.2. The number of carbonyl (C=O) groups excluding carboxylic acids is 1. The number of rotatable bonds is 8. The highest BCUT2D eigenvalue weighted by Crippen LogP contribution is 2.31. The van der Waals surface area contributed by atoms with Gasteiger partial charge in [-0.05, 0) is 18.2 Å². The standard InChI is InChI=1S/C16H19F3N6O2/c1-27-8-10(20)6-22-15-23-7-12(13(21)26)14(25-15)24-11-4-2-3-9(5-11)16(17,18)19/h2-5,7,10H,6,8,20H2,1H3,(H2,21,26)(H2,22,23,24,25). The number of benzene rings is 1. The highest BCUT2D eigenvalue weighted by Gasteiger charge is 2.30. The number of hydrogen-bond acceptors (Lipinski definition) is 7. The topological polar surface area (TPSA) is 128 Å². The predicted octanol–water partition coefficient (Wildman–Crippen LogP) is 1.72. The quantitative estimate of drug-likeness (QED) is 0.545. The van der Waals surface area contributed by atoms with E-state index in [0.29, 0.717) is 6.61 Å². The minimum atomic E-state index is -4.50. The van der Waals surface area contributed by atoms with E-state index in [4.69, 9.17) is 16.2 Å². The molecule has 1 heterocycles. The van der Waals surface area contributed by atoms with E-state index >= 15 is 0 Å². The number of alkyl halides is 3. The van der Waals surface area contributed by atoms with Crippen LogP contribution in [0.5, 0.6) is 0 Å². The lowest BCUT2D eigenvalue weighted by molar-refractivity contribution is -0.137. The molecule has 0 aliphatic heterocycles. The van der Waals surface area contributed by atoms with E-state index < -0.39 is 17.6 Å². The van der Waals surface area contributed by atoms with Crippen molar-refractivity contribution in [2.45, 2.75) is 12.2 Å². The fraction of sp³-hybridized carbons (Fsp3) is 0.312. The highest BCUT2D eigenvalue weighted by molar-refractivity contribution is 5.98. The molecule has 1 aromatic heterocycles. The van der Waals surface area contributed by atoms with Crippen molar-refractivity contribution in [1.82, 2.24) is 9.97 Å². The third-order valence-corrected chi connectivity index (χ3v) is 3.41. The van der Waals surface area contributed by atoms with Crippen LogP contribution in [0.1, 0.15) is 15.9 Å². The smallest absolute Gasteiger partial charge is 0.383 e. The van der Waals surface area contributed by atoms with Gasteiger partial charge in [-0.2, -0.15) is 18.2 Å². The van der Waals surface area contributed by atoms with Gasteiger partial charge in [-0.1, -0.05) is 6.07 Å². The van der Waals surface area contributed by atoms with Gasteiger partial charge in [-0.3, -0.25) is 4.79 Å². The number of primary amides is 1. The zero-order valence-corrected chi connectivity index (χ0v) is 14.4. The van der Waals surface area contributed by atoms with Crippen molar-refractivity contribution in [3.05, 3.63) is 41.6 Å². The van der Waals surface area contributed by atoms with E-state index in [1.54, 1.807) is 0 Å². The SMILES string of the molecule is COCC(N)CNc1ncc(C(N)=O)c(Nc2cccc(C(F)(F)F)c2)n1. The number of nitrogens with one attached hydrogen (secondary N) is 2. The maximum atomic E-state index is 12.9. The Kier molecular flexibility index (Phi) is 6.53. The molecule has 1 atom stereocenters. The Morgan fingerprint density at radius 1 is 1.37 bits per heavy atom. The van der Waals surface area contributed by atoms with Gasteiger partial charge in [0.25, 0.3) is 5.91 Å². The summed E-state index contributed by atoms with van der Waals surface area (Å²) in [5.74, 6) is -0.729. The van der Waals surface area contributed by atoms with Gasteiger partial charge >= 0.3 is 6.18 Å². The summed E-state index contributed by atoms with van der Waals surface area (Å²) >= 11 is 0. The molecule has 0 aliphatic rings. The molecule has 2 rings (SSSR count). The van der Waals surface area contributed by atoms with Crippen LogP contribution in [0, 0.1) is 0 Å². The van der Waals surface area contributed by atoms with E-state index in [9.17, 15) is 18.0 Å². The molecule has 1 unspecified atom stereocenters. The van der Waals surface area contributed by atoms with Gasteiger partial charge in [0.2, 0.25) is 5.95 Å². The normalized spacial score (nSPS) is 12.5. The molecule has 0 radical (unpaired) electrons. The fourth-order valence-corrected chi connectivity index (χ4v) is 2.15. The second kappa shape index (κ2) is 8.64. The fourth-order valence-electron chi connectivity index (χ4n) is 2.15. The van der Waals surface area contributed by atoms with E-state index in [0.717, 1.165) is 12.1 Å². The number of hydrogen-bond donors (Lipinski definition) is 4. The maximum absolute atomic E-state index is 12.9. The minimum absolute atomic E-state index is 0.0281. The van der Waals surface area contributed by atoms with E-state index in [2.05, 4.69) is 20.6 Å². The van der Waals surface area contributed by atoms with Crippen LogP contribution < -0.4 is 22.1 Å². The monoisotopic (exact) mass is 384 g/mol. The molecule has 0 aliphatic carbocycles. The lowest BCUT2D eigenvalue weighted by Crippen LogP contribution is -2.33. The highest BCUT2D eigenvalue weighted by atomic mass is 19.4. The largest absolute Gasteiger partial charge is 0.416 e. The third-order valence-electron chi connectivity index (χ3n) is 3.41. The van der Waals surface area contributed by atoms with Crippen LogP contribution in [-0.4, -0.2) is 42.2 Å². The van der Waals surface area contributed by atoms with Crippen molar-refractivity contribution in [2.24, 2.45) is 11.5 Å². The summed E-state index contributed by atoms with van der Waals surface area (Å²) in [5, 5.41) is 5.53. The van der Waals surface area contributed by atoms with Crippen LogP contribution >= 0.6 is 0 Å².